The maximum atomic E-state index is 12.5. The quantitative estimate of drug-likeness (QED) is 0.658. The monoisotopic (exact) mass is 358 g/mol. The lowest BCUT2D eigenvalue weighted by molar-refractivity contribution is -0.133. The van der Waals surface area contributed by atoms with Gasteiger partial charge in [0.1, 0.15) is 0 Å². The van der Waals surface area contributed by atoms with Crippen molar-refractivity contribution in [3.05, 3.63) is 0 Å². The molecule has 0 spiro atoms. The summed E-state index contributed by atoms with van der Waals surface area (Å²) in [5.41, 5.74) is 0. The molecular weight excluding hydrogens is 328 g/mol. The van der Waals surface area contributed by atoms with Crippen LogP contribution in [0.25, 0.3) is 0 Å². The first kappa shape index (κ1) is 20.9. The molecule has 0 saturated carbocycles. The second-order valence-electron chi connectivity index (χ2n) is 6.54. The molecule has 0 aliphatic carbocycles. The Kier molecular flexibility index (Phi) is 8.67. The smallest absolute Gasteiger partial charge is 0.236 e. The molecule has 1 aliphatic rings. The minimum absolute atomic E-state index is 0.0440. The maximum Gasteiger partial charge on any atom is 0.236 e. The van der Waals surface area contributed by atoms with Crippen molar-refractivity contribution in [2.45, 2.75) is 45.6 Å². The van der Waals surface area contributed by atoms with Crippen molar-refractivity contribution in [2.24, 2.45) is 5.92 Å². The zero-order valence-corrected chi connectivity index (χ0v) is 15.8. The summed E-state index contributed by atoms with van der Waals surface area (Å²) in [6.07, 6.45) is 5.02. The van der Waals surface area contributed by atoms with Crippen LogP contribution in [-0.2, 0) is 14.8 Å². The van der Waals surface area contributed by atoms with Crippen LogP contribution in [0.1, 0.15) is 39.5 Å². The highest BCUT2D eigenvalue weighted by Crippen LogP contribution is 2.19. The van der Waals surface area contributed by atoms with Gasteiger partial charge in [0.05, 0.1) is 24.8 Å². The van der Waals surface area contributed by atoms with Crippen molar-refractivity contribution >= 4 is 15.9 Å². The van der Waals surface area contributed by atoms with Crippen LogP contribution < -0.4 is 4.72 Å². The first-order valence-electron chi connectivity index (χ1n) is 8.63. The van der Waals surface area contributed by atoms with E-state index in [-0.39, 0.29) is 17.9 Å². The predicted octanol–water partition coefficient (Wildman–Crippen LogP) is 0.788. The van der Waals surface area contributed by atoms with Crippen LogP contribution in [0.3, 0.4) is 0 Å². The summed E-state index contributed by atoms with van der Waals surface area (Å²) in [6.45, 7) is 6.40. The highest BCUT2D eigenvalue weighted by molar-refractivity contribution is 7.88. The zero-order chi connectivity index (χ0) is 18.2. The molecule has 1 amide bonds. The van der Waals surface area contributed by atoms with Crippen molar-refractivity contribution in [1.82, 2.24) is 14.5 Å². The maximum absolute atomic E-state index is 12.5. The Morgan fingerprint density at radius 2 is 2.17 bits per heavy atom. The third kappa shape index (κ3) is 7.60. The summed E-state index contributed by atoms with van der Waals surface area (Å²) in [5.74, 6) is -0.132. The fraction of sp³-hybridized carbons (Fsp3) is 0.875. The second-order valence-corrected chi connectivity index (χ2v) is 8.37. The Balaban J connectivity index is 2.57. The van der Waals surface area contributed by atoms with Gasteiger partial charge in [-0.25, -0.2) is 13.1 Å². The molecule has 0 radical (unpaired) electrons. The molecule has 1 heterocycles. The average molecular weight is 359 g/mol. The molecule has 0 bridgehead atoms. The first-order chi connectivity index (χ1) is 11.3. The van der Waals surface area contributed by atoms with Gasteiger partial charge < -0.3 is 4.90 Å². The second kappa shape index (κ2) is 9.97. The number of hydrogen-bond acceptors (Lipinski definition) is 5. The van der Waals surface area contributed by atoms with Gasteiger partial charge >= 0.3 is 0 Å². The molecule has 0 aromatic rings. The normalized spacial score (nSPS) is 20.3. The van der Waals surface area contributed by atoms with Gasteiger partial charge in [0, 0.05) is 25.7 Å². The minimum Gasteiger partial charge on any atom is -0.341 e. The van der Waals surface area contributed by atoms with Gasteiger partial charge in [-0.1, -0.05) is 6.42 Å². The summed E-state index contributed by atoms with van der Waals surface area (Å²) in [5, 5.41) is 8.93. The average Bonchev–Trinajstić information content (AvgIpc) is 2.52. The topological polar surface area (TPSA) is 93.5 Å². The molecule has 8 heteroatoms. The summed E-state index contributed by atoms with van der Waals surface area (Å²) in [7, 11) is -3.17. The van der Waals surface area contributed by atoms with Crippen molar-refractivity contribution in [2.75, 3.05) is 39.0 Å². The van der Waals surface area contributed by atoms with E-state index in [0.717, 1.165) is 32.1 Å². The van der Waals surface area contributed by atoms with Gasteiger partial charge in [-0.3, -0.25) is 9.69 Å². The SMILES string of the molecule is CCN(CC(C)C#N)C(=O)CN1CCCCC1CCNS(C)(=O)=O. The number of sulfonamides is 1. The van der Waals surface area contributed by atoms with E-state index in [1.807, 2.05) is 13.8 Å². The van der Waals surface area contributed by atoms with E-state index in [0.29, 0.717) is 32.6 Å². The number of nitrogens with one attached hydrogen (secondary N) is 1. The number of nitrogens with zero attached hydrogens (tertiary/aromatic N) is 3. The third-order valence-corrected chi connectivity index (χ3v) is 5.11. The van der Waals surface area contributed by atoms with E-state index in [1.165, 1.54) is 0 Å². The molecule has 2 unspecified atom stereocenters. The molecule has 1 N–H and O–H groups in total. The standard InChI is InChI=1S/C16H30N4O3S/c1-4-19(12-14(2)11-17)16(21)13-20-10-6-5-7-15(20)8-9-18-24(3,22)23/h14-15,18H,4-10,12-13H2,1-3H3. The molecule has 0 aromatic carbocycles. The molecule has 1 rings (SSSR count). The van der Waals surface area contributed by atoms with Crippen LogP contribution in [0, 0.1) is 17.2 Å². The zero-order valence-electron chi connectivity index (χ0n) is 15.0. The van der Waals surface area contributed by atoms with Crippen molar-refractivity contribution in [3.63, 3.8) is 0 Å². The molecule has 1 fully saturated rings. The molecular formula is C16H30N4O3S. The lowest BCUT2D eigenvalue weighted by Gasteiger charge is -2.36. The van der Waals surface area contributed by atoms with Gasteiger partial charge in [0.2, 0.25) is 15.9 Å². The first-order valence-corrected chi connectivity index (χ1v) is 10.5. The van der Waals surface area contributed by atoms with Gasteiger partial charge in [-0.15, -0.1) is 0 Å². The molecule has 1 aliphatic heterocycles. The Morgan fingerprint density at radius 3 is 2.75 bits per heavy atom. The molecule has 24 heavy (non-hydrogen) atoms. The number of amides is 1. The molecule has 0 aromatic heterocycles. The number of likely N-dealkylation sites (N-methyl/N-ethyl adjacent to an activating group) is 1. The van der Waals surface area contributed by atoms with Crippen molar-refractivity contribution in [3.8, 4) is 6.07 Å². The lowest BCUT2D eigenvalue weighted by atomic mass is 9.99. The van der Waals surface area contributed by atoms with Crippen LogP contribution in [0.15, 0.2) is 0 Å². The Morgan fingerprint density at radius 1 is 1.46 bits per heavy atom. The summed E-state index contributed by atoms with van der Waals surface area (Å²) in [4.78, 5) is 16.4. The van der Waals surface area contributed by atoms with Crippen molar-refractivity contribution in [1.29, 1.82) is 5.26 Å². The number of piperidine rings is 1. The third-order valence-electron chi connectivity index (χ3n) is 4.38. The van der Waals surface area contributed by atoms with E-state index in [2.05, 4.69) is 15.7 Å². The largest absolute Gasteiger partial charge is 0.341 e. The van der Waals surface area contributed by atoms with Gasteiger partial charge in [0.25, 0.3) is 0 Å². The number of rotatable bonds is 9. The van der Waals surface area contributed by atoms with E-state index < -0.39 is 10.0 Å². The summed E-state index contributed by atoms with van der Waals surface area (Å²) in [6, 6.07) is 2.39. The highest BCUT2D eigenvalue weighted by atomic mass is 32.2. The van der Waals surface area contributed by atoms with E-state index in [1.54, 1.807) is 4.90 Å². The Labute approximate surface area is 146 Å². The number of carbonyl (C=O) groups is 1. The van der Waals surface area contributed by atoms with Crippen LogP contribution in [0.2, 0.25) is 0 Å². The lowest BCUT2D eigenvalue weighted by Crippen LogP contribution is -2.48. The summed E-state index contributed by atoms with van der Waals surface area (Å²) < 4.78 is 24.9. The number of carbonyl (C=O) groups excluding carboxylic acids is 1. The number of likely N-dealkylation sites (tertiary alicyclic amines) is 1. The molecule has 2 atom stereocenters. The van der Waals surface area contributed by atoms with E-state index in [4.69, 9.17) is 5.26 Å². The van der Waals surface area contributed by atoms with E-state index >= 15 is 0 Å². The summed E-state index contributed by atoms with van der Waals surface area (Å²) >= 11 is 0. The predicted molar refractivity (Wildman–Crippen MR) is 93.7 cm³/mol. The van der Waals surface area contributed by atoms with Crippen molar-refractivity contribution < 1.29 is 13.2 Å². The van der Waals surface area contributed by atoms with Crippen LogP contribution in [0.4, 0.5) is 0 Å². The molecule has 7 nitrogen and oxygen atoms in total. The Hall–Kier alpha value is -1.17. The minimum atomic E-state index is -3.17. The number of hydrogen-bond donors (Lipinski definition) is 1. The van der Waals surface area contributed by atoms with Crippen LogP contribution in [-0.4, -0.2) is 69.1 Å². The van der Waals surface area contributed by atoms with E-state index in [9.17, 15) is 13.2 Å². The van der Waals surface area contributed by atoms with Gasteiger partial charge in [-0.05, 0) is 39.7 Å². The van der Waals surface area contributed by atoms with Gasteiger partial charge in [0.15, 0.2) is 0 Å². The fourth-order valence-electron chi connectivity index (χ4n) is 3.06. The highest BCUT2D eigenvalue weighted by Gasteiger charge is 2.26. The fourth-order valence-corrected chi connectivity index (χ4v) is 3.55. The Bertz CT molecular complexity index is 544. The van der Waals surface area contributed by atoms with Gasteiger partial charge in [-0.2, -0.15) is 5.26 Å². The molecule has 138 valence electrons. The number of nitriles is 1. The van der Waals surface area contributed by atoms with Crippen LogP contribution >= 0.6 is 0 Å². The van der Waals surface area contributed by atoms with Crippen LogP contribution in [0.5, 0.6) is 0 Å². The molecule has 1 saturated heterocycles.